The van der Waals surface area contributed by atoms with Crippen molar-refractivity contribution < 1.29 is 0 Å². The van der Waals surface area contributed by atoms with Crippen molar-refractivity contribution in [3.63, 3.8) is 0 Å². The van der Waals surface area contributed by atoms with Crippen LogP contribution in [0.2, 0.25) is 0 Å². The van der Waals surface area contributed by atoms with Crippen LogP contribution in [0.3, 0.4) is 0 Å². The van der Waals surface area contributed by atoms with Gasteiger partial charge in [-0.25, -0.2) is 0 Å². The number of hydrogen-bond acceptors (Lipinski definition) is 2. The summed E-state index contributed by atoms with van der Waals surface area (Å²) in [7, 11) is 0. The van der Waals surface area contributed by atoms with Crippen molar-refractivity contribution >= 4 is 73.2 Å². The van der Waals surface area contributed by atoms with E-state index < -0.39 is 0 Å². The molecular formula is C6H18BaClN5. The van der Waals surface area contributed by atoms with E-state index in [4.69, 9.17) is 16.6 Å². The van der Waals surface area contributed by atoms with Crippen molar-refractivity contribution in [2.24, 2.45) is 5.73 Å². The van der Waals surface area contributed by atoms with Crippen molar-refractivity contribution in [2.45, 2.75) is 19.8 Å². The summed E-state index contributed by atoms with van der Waals surface area (Å²) < 4.78 is 0. The molecule has 0 radical (unpaired) electrons. The first-order valence-corrected chi connectivity index (χ1v) is 3.60. The third kappa shape index (κ3) is 15.4. The Morgan fingerprint density at radius 3 is 2.31 bits per heavy atom. The Balaban J connectivity index is -0.000000500. The summed E-state index contributed by atoms with van der Waals surface area (Å²) in [6.07, 6.45) is 2.10. The fraction of sp³-hybridized carbons (Fsp3) is 0.667. The fourth-order valence-electron chi connectivity index (χ4n) is 0.569. The number of guanidine groups is 2. The molecule has 0 aliphatic rings. The van der Waals surface area contributed by atoms with Gasteiger partial charge in [0.05, 0.1) is 0 Å². The average Bonchev–Trinajstić information content (AvgIpc) is 1.86. The number of nitrogens with two attached hydrogens (primary N) is 1. The van der Waals surface area contributed by atoms with Crippen LogP contribution in [-0.2, 0) is 0 Å². The molecular weight excluding hydrogens is 315 g/mol. The summed E-state index contributed by atoms with van der Waals surface area (Å²) >= 11 is 0. The van der Waals surface area contributed by atoms with Crippen LogP contribution in [0.25, 0.3) is 0 Å². The quantitative estimate of drug-likeness (QED) is 0.204. The molecule has 0 bridgehead atoms. The monoisotopic (exact) mass is 333 g/mol. The van der Waals surface area contributed by atoms with Crippen LogP contribution < -0.4 is 16.4 Å². The maximum absolute atomic E-state index is 7.15. The fourth-order valence-corrected chi connectivity index (χ4v) is 0.569. The molecule has 0 rings (SSSR count). The second-order valence-electron chi connectivity index (χ2n) is 2.19. The average molecular weight is 333 g/mol. The number of halogens is 1. The van der Waals surface area contributed by atoms with Gasteiger partial charge in [0.25, 0.3) is 0 Å². The normalized spacial score (nSPS) is 7.46. The molecule has 76 valence electrons. The van der Waals surface area contributed by atoms with Crippen LogP contribution in [0.4, 0.5) is 0 Å². The zero-order chi connectivity index (χ0) is 8.69. The Kier molecular flexibility index (Phi) is 18.6. The molecule has 7 heteroatoms. The van der Waals surface area contributed by atoms with Crippen LogP contribution in [0, 0.1) is 10.8 Å². The molecule has 0 aliphatic heterocycles. The van der Waals surface area contributed by atoms with E-state index in [0.29, 0.717) is 0 Å². The van der Waals surface area contributed by atoms with Crippen molar-refractivity contribution in [3.8, 4) is 0 Å². The van der Waals surface area contributed by atoms with Gasteiger partial charge < -0.3 is 11.1 Å². The minimum absolute atomic E-state index is 0. The molecule has 0 amide bonds. The molecule has 0 aromatic rings. The zero-order valence-corrected chi connectivity index (χ0v) is 7.92. The van der Waals surface area contributed by atoms with Crippen LogP contribution >= 0.6 is 12.4 Å². The zero-order valence-electron chi connectivity index (χ0n) is 7.11. The molecule has 0 atom stereocenters. The van der Waals surface area contributed by atoms with Gasteiger partial charge in [-0.2, -0.15) is 0 Å². The Labute approximate surface area is 125 Å². The third-order valence-corrected chi connectivity index (χ3v) is 1.09. The SMILES string of the molecule is CCCCNC(=N)NC(=N)N.Cl.[BaH2]. The summed E-state index contributed by atoms with van der Waals surface area (Å²) in [5, 5.41) is 19.0. The van der Waals surface area contributed by atoms with E-state index in [1.54, 1.807) is 0 Å². The molecule has 0 heterocycles. The van der Waals surface area contributed by atoms with Gasteiger partial charge in [0.15, 0.2) is 11.9 Å². The molecule has 13 heavy (non-hydrogen) atoms. The van der Waals surface area contributed by atoms with Gasteiger partial charge in [-0.1, -0.05) is 13.3 Å². The van der Waals surface area contributed by atoms with Gasteiger partial charge in [0.2, 0.25) is 0 Å². The molecule has 0 aliphatic carbocycles. The third-order valence-electron chi connectivity index (χ3n) is 1.09. The number of hydrogen-bond donors (Lipinski definition) is 5. The molecule has 0 aromatic heterocycles. The van der Waals surface area contributed by atoms with Gasteiger partial charge >= 0.3 is 48.9 Å². The van der Waals surface area contributed by atoms with E-state index in [2.05, 4.69) is 17.6 Å². The van der Waals surface area contributed by atoms with Gasteiger partial charge in [0, 0.05) is 6.54 Å². The standard InChI is InChI=1S/C6H15N5.Ba.ClH.2H/c1-2-3-4-10-6(9)11-5(7)8;;;;/h2-4H2,1H3,(H6,7,8,9,10,11);;1H;;. The summed E-state index contributed by atoms with van der Waals surface area (Å²) in [6.45, 7) is 2.82. The van der Waals surface area contributed by atoms with E-state index in [1.807, 2.05) is 0 Å². The number of rotatable bonds is 3. The van der Waals surface area contributed by atoms with Crippen LogP contribution in [0.1, 0.15) is 19.8 Å². The molecule has 0 aromatic carbocycles. The number of unbranched alkanes of at least 4 members (excludes halogenated alkanes) is 1. The van der Waals surface area contributed by atoms with E-state index in [0.717, 1.165) is 19.4 Å². The van der Waals surface area contributed by atoms with Crippen molar-refractivity contribution in [3.05, 3.63) is 0 Å². The Bertz CT molecular complexity index is 152. The summed E-state index contributed by atoms with van der Waals surface area (Å²) in [4.78, 5) is 0. The van der Waals surface area contributed by atoms with Crippen LogP contribution in [0.15, 0.2) is 0 Å². The number of nitrogens with one attached hydrogen (secondary N) is 4. The Morgan fingerprint density at radius 1 is 1.38 bits per heavy atom. The first kappa shape index (κ1) is 19.2. The van der Waals surface area contributed by atoms with Crippen LogP contribution in [0.5, 0.6) is 0 Å². The summed E-state index contributed by atoms with van der Waals surface area (Å²) in [6, 6.07) is 0. The van der Waals surface area contributed by atoms with Gasteiger partial charge in [-0.3, -0.25) is 16.1 Å². The molecule has 5 nitrogen and oxygen atoms in total. The van der Waals surface area contributed by atoms with Crippen LogP contribution in [-0.4, -0.2) is 67.3 Å². The van der Waals surface area contributed by atoms with Crippen molar-refractivity contribution in [1.29, 1.82) is 10.8 Å². The maximum atomic E-state index is 7.15. The first-order valence-electron chi connectivity index (χ1n) is 3.60. The molecule has 0 fully saturated rings. The summed E-state index contributed by atoms with van der Waals surface area (Å²) in [5.74, 6) is -0.120. The first-order chi connectivity index (χ1) is 5.16. The Hall–Kier alpha value is 0.601. The van der Waals surface area contributed by atoms with E-state index >= 15 is 0 Å². The Morgan fingerprint density at radius 2 is 1.92 bits per heavy atom. The molecule has 0 saturated carbocycles. The van der Waals surface area contributed by atoms with Gasteiger partial charge in [-0.05, 0) is 6.42 Å². The second kappa shape index (κ2) is 12.6. The predicted octanol–water partition coefficient (Wildman–Crippen LogP) is -0.700. The van der Waals surface area contributed by atoms with E-state index in [1.165, 1.54) is 0 Å². The van der Waals surface area contributed by atoms with E-state index in [-0.39, 0.29) is 73.2 Å². The second-order valence-corrected chi connectivity index (χ2v) is 2.19. The molecule has 6 N–H and O–H groups in total. The van der Waals surface area contributed by atoms with E-state index in [9.17, 15) is 0 Å². The van der Waals surface area contributed by atoms with Crippen molar-refractivity contribution in [2.75, 3.05) is 6.54 Å². The molecule has 0 saturated heterocycles. The predicted molar refractivity (Wildman–Crippen MR) is 61.5 cm³/mol. The molecule has 0 spiro atoms. The minimum atomic E-state index is -0.209. The van der Waals surface area contributed by atoms with Gasteiger partial charge in [0.1, 0.15) is 0 Å². The topological polar surface area (TPSA) is 97.8 Å². The molecule has 0 unspecified atom stereocenters. The van der Waals surface area contributed by atoms with Gasteiger partial charge in [-0.15, -0.1) is 12.4 Å². The summed E-state index contributed by atoms with van der Waals surface area (Å²) in [5.41, 5.74) is 4.99. The van der Waals surface area contributed by atoms with Crippen molar-refractivity contribution in [1.82, 2.24) is 10.6 Å².